The topological polar surface area (TPSA) is 12.0 Å². The van der Waals surface area contributed by atoms with Gasteiger partial charge in [-0.3, -0.25) is 0 Å². The molecule has 2 aliphatic rings. The zero-order valence-electron chi connectivity index (χ0n) is 8.33. The van der Waals surface area contributed by atoms with E-state index in [2.05, 4.69) is 45.2 Å². The zero-order chi connectivity index (χ0) is 10.3. The molecule has 1 aliphatic carbocycles. The molecule has 0 spiro atoms. The molecule has 2 heteroatoms. The zero-order valence-corrected chi connectivity index (χ0v) is 9.92. The summed E-state index contributed by atoms with van der Waals surface area (Å²) in [4.78, 5) is 0. The largest absolute Gasteiger partial charge is 0.316 e. The average molecular weight is 262 g/mol. The van der Waals surface area contributed by atoms with Crippen molar-refractivity contribution in [3.63, 3.8) is 0 Å². The van der Waals surface area contributed by atoms with Gasteiger partial charge in [-0.15, -0.1) is 0 Å². The minimum absolute atomic E-state index is 0.662. The van der Waals surface area contributed by atoms with Gasteiger partial charge in [0.2, 0.25) is 0 Å². The summed E-state index contributed by atoms with van der Waals surface area (Å²) in [5, 5.41) is 3.38. The number of rotatable bonds is 0. The van der Waals surface area contributed by atoms with Crippen molar-refractivity contribution in [1.82, 2.24) is 5.32 Å². The molecule has 0 bridgehead atoms. The SMILES string of the molecule is Brc1ccc(C#C[C@@H]2[C@H]3CNC[C@@H]23)cc1. The van der Waals surface area contributed by atoms with E-state index in [1.807, 2.05) is 12.1 Å². The van der Waals surface area contributed by atoms with Gasteiger partial charge in [-0.05, 0) is 49.2 Å². The molecule has 76 valence electrons. The van der Waals surface area contributed by atoms with Gasteiger partial charge in [-0.2, -0.15) is 0 Å². The van der Waals surface area contributed by atoms with Crippen LogP contribution in [0.2, 0.25) is 0 Å². The van der Waals surface area contributed by atoms with Gasteiger partial charge in [-0.25, -0.2) is 0 Å². The van der Waals surface area contributed by atoms with Crippen molar-refractivity contribution in [1.29, 1.82) is 0 Å². The second kappa shape index (κ2) is 3.66. The van der Waals surface area contributed by atoms with Crippen molar-refractivity contribution in [2.45, 2.75) is 0 Å². The third-order valence-electron chi connectivity index (χ3n) is 3.32. The van der Waals surface area contributed by atoms with E-state index in [-0.39, 0.29) is 0 Å². The molecule has 0 unspecified atom stereocenters. The highest BCUT2D eigenvalue weighted by Crippen LogP contribution is 2.47. The molecule has 1 nitrogen and oxygen atoms in total. The van der Waals surface area contributed by atoms with Gasteiger partial charge >= 0.3 is 0 Å². The second-order valence-electron chi connectivity index (χ2n) is 4.29. The van der Waals surface area contributed by atoms with Crippen molar-refractivity contribution < 1.29 is 0 Å². The van der Waals surface area contributed by atoms with Crippen molar-refractivity contribution in [2.24, 2.45) is 17.8 Å². The maximum atomic E-state index is 3.42. The highest BCUT2D eigenvalue weighted by molar-refractivity contribution is 9.10. The quantitative estimate of drug-likeness (QED) is 0.707. The highest BCUT2D eigenvalue weighted by Gasteiger charge is 2.51. The molecule has 15 heavy (non-hydrogen) atoms. The Morgan fingerprint density at radius 2 is 1.80 bits per heavy atom. The van der Waals surface area contributed by atoms with Crippen LogP contribution in [0.3, 0.4) is 0 Å². The van der Waals surface area contributed by atoms with Gasteiger partial charge in [0.1, 0.15) is 0 Å². The molecule has 1 aromatic carbocycles. The van der Waals surface area contributed by atoms with E-state index in [0.29, 0.717) is 5.92 Å². The number of piperidine rings is 1. The first-order valence-electron chi connectivity index (χ1n) is 5.32. The summed E-state index contributed by atoms with van der Waals surface area (Å²) >= 11 is 3.42. The molecule has 0 amide bonds. The van der Waals surface area contributed by atoms with Gasteiger partial charge in [0, 0.05) is 16.0 Å². The molecule has 3 rings (SSSR count). The van der Waals surface area contributed by atoms with E-state index in [1.54, 1.807) is 0 Å². The Hall–Kier alpha value is -0.780. The first-order valence-corrected chi connectivity index (χ1v) is 6.12. The van der Waals surface area contributed by atoms with Gasteiger partial charge in [0.15, 0.2) is 0 Å². The minimum Gasteiger partial charge on any atom is -0.316 e. The molecule has 0 radical (unpaired) electrons. The van der Waals surface area contributed by atoms with Crippen molar-refractivity contribution >= 4 is 15.9 Å². The third kappa shape index (κ3) is 1.82. The lowest BCUT2D eigenvalue weighted by Crippen LogP contribution is -2.13. The van der Waals surface area contributed by atoms with Crippen LogP contribution in [0.15, 0.2) is 28.7 Å². The fourth-order valence-corrected chi connectivity index (χ4v) is 2.60. The van der Waals surface area contributed by atoms with E-state index in [0.717, 1.165) is 21.9 Å². The molecule has 0 aromatic heterocycles. The maximum absolute atomic E-state index is 3.42. The van der Waals surface area contributed by atoms with Crippen LogP contribution in [-0.2, 0) is 0 Å². The van der Waals surface area contributed by atoms with E-state index in [4.69, 9.17) is 0 Å². The molecule has 1 heterocycles. The number of hydrogen-bond donors (Lipinski definition) is 1. The second-order valence-corrected chi connectivity index (χ2v) is 5.20. The van der Waals surface area contributed by atoms with Gasteiger partial charge in [-0.1, -0.05) is 27.8 Å². The van der Waals surface area contributed by atoms with Crippen LogP contribution in [0.25, 0.3) is 0 Å². The Balaban J connectivity index is 1.71. The fraction of sp³-hybridized carbons (Fsp3) is 0.385. The molecular formula is C13H12BrN. The summed E-state index contributed by atoms with van der Waals surface area (Å²) < 4.78 is 1.11. The Bertz CT molecular complexity index is 416. The van der Waals surface area contributed by atoms with Gasteiger partial charge in [0.25, 0.3) is 0 Å². The van der Waals surface area contributed by atoms with E-state index < -0.39 is 0 Å². The van der Waals surface area contributed by atoms with Crippen LogP contribution in [0.1, 0.15) is 5.56 Å². The maximum Gasteiger partial charge on any atom is 0.0294 e. The average Bonchev–Trinajstić information content (AvgIpc) is 2.71. The molecule has 1 saturated carbocycles. The molecular weight excluding hydrogens is 250 g/mol. The Morgan fingerprint density at radius 3 is 2.47 bits per heavy atom. The molecule has 3 atom stereocenters. The monoisotopic (exact) mass is 261 g/mol. The molecule has 2 fully saturated rings. The van der Waals surface area contributed by atoms with Crippen LogP contribution < -0.4 is 5.32 Å². The summed E-state index contributed by atoms with van der Waals surface area (Å²) in [5.74, 6) is 9.00. The predicted molar refractivity (Wildman–Crippen MR) is 64.4 cm³/mol. The summed E-state index contributed by atoms with van der Waals surface area (Å²) in [6.45, 7) is 2.34. The van der Waals surface area contributed by atoms with E-state index in [1.165, 1.54) is 13.1 Å². The number of nitrogens with one attached hydrogen (secondary N) is 1. The Kier molecular flexibility index (Phi) is 2.31. The normalized spacial score (nSPS) is 31.7. The summed E-state index contributed by atoms with van der Waals surface area (Å²) in [6, 6.07) is 8.21. The predicted octanol–water partition coefficient (Wildman–Crippen LogP) is 2.27. The summed E-state index contributed by atoms with van der Waals surface area (Å²) in [6.07, 6.45) is 0. The molecule has 1 N–H and O–H groups in total. The van der Waals surface area contributed by atoms with Crippen LogP contribution in [-0.4, -0.2) is 13.1 Å². The van der Waals surface area contributed by atoms with Gasteiger partial charge in [0.05, 0.1) is 0 Å². The van der Waals surface area contributed by atoms with Crippen LogP contribution in [0.5, 0.6) is 0 Å². The number of benzene rings is 1. The van der Waals surface area contributed by atoms with Crippen LogP contribution in [0.4, 0.5) is 0 Å². The van der Waals surface area contributed by atoms with Crippen LogP contribution in [0, 0.1) is 29.6 Å². The molecule has 1 saturated heterocycles. The lowest BCUT2D eigenvalue weighted by atomic mass is 10.2. The molecule has 1 aliphatic heterocycles. The summed E-state index contributed by atoms with van der Waals surface area (Å²) in [5.41, 5.74) is 1.12. The first-order chi connectivity index (χ1) is 7.34. The third-order valence-corrected chi connectivity index (χ3v) is 3.85. The number of hydrogen-bond acceptors (Lipinski definition) is 1. The van der Waals surface area contributed by atoms with E-state index in [9.17, 15) is 0 Å². The highest BCUT2D eigenvalue weighted by atomic mass is 79.9. The lowest BCUT2D eigenvalue weighted by Gasteiger charge is -1.95. The van der Waals surface area contributed by atoms with Crippen LogP contribution >= 0.6 is 15.9 Å². The lowest BCUT2D eigenvalue weighted by molar-refractivity contribution is 0.679. The standard InChI is InChI=1S/C13H12BrN/c14-10-4-1-9(2-5-10)3-6-11-12-7-15-8-13(11)12/h1-2,4-5,11-13,15H,7-8H2/t11-,12-,13+. The van der Waals surface area contributed by atoms with Crippen molar-refractivity contribution in [3.05, 3.63) is 34.3 Å². The smallest absolute Gasteiger partial charge is 0.0294 e. The van der Waals surface area contributed by atoms with E-state index >= 15 is 0 Å². The Morgan fingerprint density at radius 1 is 1.13 bits per heavy atom. The Labute approximate surface area is 98.4 Å². The molecule has 1 aromatic rings. The van der Waals surface area contributed by atoms with Crippen molar-refractivity contribution in [2.75, 3.05) is 13.1 Å². The summed E-state index contributed by atoms with van der Waals surface area (Å²) in [7, 11) is 0. The number of fused-ring (bicyclic) bond motifs is 1. The fourth-order valence-electron chi connectivity index (χ4n) is 2.33. The first kappa shape index (κ1) is 9.45. The van der Waals surface area contributed by atoms with Gasteiger partial charge < -0.3 is 5.32 Å². The minimum atomic E-state index is 0.662. The van der Waals surface area contributed by atoms with Crippen molar-refractivity contribution in [3.8, 4) is 11.8 Å². The number of halogens is 1.